The smallest absolute Gasteiger partial charge is 0.0699 e. The molecule has 0 aliphatic carbocycles. The van der Waals surface area contributed by atoms with Gasteiger partial charge in [0.2, 0.25) is 0 Å². The first-order valence-electron chi connectivity index (χ1n) is 7.85. The van der Waals surface area contributed by atoms with Crippen molar-refractivity contribution in [3.05, 3.63) is 0 Å². The SMILES string of the molecule is C(CCC1CCOCC1)CNCC1CCCCO1. The van der Waals surface area contributed by atoms with Gasteiger partial charge in [-0.25, -0.2) is 0 Å². The second kappa shape index (κ2) is 8.89. The zero-order valence-electron chi connectivity index (χ0n) is 11.7. The maximum atomic E-state index is 5.70. The van der Waals surface area contributed by atoms with Crippen LogP contribution in [0.5, 0.6) is 0 Å². The largest absolute Gasteiger partial charge is 0.381 e. The first-order valence-corrected chi connectivity index (χ1v) is 7.85. The third kappa shape index (κ3) is 5.68. The van der Waals surface area contributed by atoms with Crippen molar-refractivity contribution in [3.63, 3.8) is 0 Å². The highest BCUT2D eigenvalue weighted by molar-refractivity contribution is 4.67. The van der Waals surface area contributed by atoms with Crippen molar-refractivity contribution >= 4 is 0 Å². The zero-order valence-corrected chi connectivity index (χ0v) is 11.7. The molecule has 2 fully saturated rings. The maximum Gasteiger partial charge on any atom is 0.0699 e. The Morgan fingerprint density at radius 3 is 2.61 bits per heavy atom. The Kier molecular flexibility index (Phi) is 7.06. The van der Waals surface area contributed by atoms with Gasteiger partial charge < -0.3 is 14.8 Å². The van der Waals surface area contributed by atoms with Crippen LogP contribution in [-0.2, 0) is 9.47 Å². The monoisotopic (exact) mass is 255 g/mol. The van der Waals surface area contributed by atoms with Crippen LogP contribution < -0.4 is 5.32 Å². The van der Waals surface area contributed by atoms with Crippen LogP contribution >= 0.6 is 0 Å². The van der Waals surface area contributed by atoms with Crippen molar-refractivity contribution in [2.75, 3.05) is 32.9 Å². The molecular formula is C15H29NO2. The molecule has 2 heterocycles. The Morgan fingerprint density at radius 2 is 1.83 bits per heavy atom. The first-order chi connectivity index (χ1) is 8.95. The van der Waals surface area contributed by atoms with Gasteiger partial charge in [0.25, 0.3) is 0 Å². The Hall–Kier alpha value is -0.120. The van der Waals surface area contributed by atoms with E-state index in [1.54, 1.807) is 0 Å². The summed E-state index contributed by atoms with van der Waals surface area (Å²) in [5.41, 5.74) is 0. The molecule has 18 heavy (non-hydrogen) atoms. The molecule has 1 unspecified atom stereocenters. The minimum Gasteiger partial charge on any atom is -0.381 e. The highest BCUT2D eigenvalue weighted by atomic mass is 16.5. The molecule has 1 atom stereocenters. The maximum absolute atomic E-state index is 5.70. The van der Waals surface area contributed by atoms with E-state index in [-0.39, 0.29) is 0 Å². The molecule has 3 nitrogen and oxygen atoms in total. The van der Waals surface area contributed by atoms with Crippen molar-refractivity contribution in [2.45, 2.75) is 57.5 Å². The zero-order chi connectivity index (χ0) is 12.5. The summed E-state index contributed by atoms with van der Waals surface area (Å²) in [6.45, 7) is 5.15. The molecule has 0 aromatic carbocycles. The van der Waals surface area contributed by atoms with E-state index in [0.717, 1.165) is 38.8 Å². The van der Waals surface area contributed by atoms with Crippen LogP contribution in [0.25, 0.3) is 0 Å². The third-order valence-corrected chi connectivity index (χ3v) is 4.20. The number of hydrogen-bond donors (Lipinski definition) is 1. The predicted octanol–water partition coefficient (Wildman–Crippen LogP) is 2.74. The lowest BCUT2D eigenvalue weighted by molar-refractivity contribution is 0.0170. The molecule has 3 heteroatoms. The summed E-state index contributed by atoms with van der Waals surface area (Å²) in [5.74, 6) is 0.931. The lowest BCUT2D eigenvalue weighted by Crippen LogP contribution is -2.32. The molecule has 2 aliphatic rings. The van der Waals surface area contributed by atoms with Crippen LogP contribution in [0, 0.1) is 5.92 Å². The van der Waals surface area contributed by atoms with Gasteiger partial charge in [-0.05, 0) is 51.0 Å². The Labute approximate surface area is 112 Å². The molecule has 1 N–H and O–H groups in total. The van der Waals surface area contributed by atoms with E-state index in [1.165, 1.54) is 51.4 Å². The number of hydrogen-bond acceptors (Lipinski definition) is 3. The fourth-order valence-corrected chi connectivity index (χ4v) is 2.95. The minimum absolute atomic E-state index is 0.481. The Balaban J connectivity index is 1.39. The molecule has 0 amide bonds. The van der Waals surface area contributed by atoms with Gasteiger partial charge in [0.05, 0.1) is 6.10 Å². The van der Waals surface area contributed by atoms with E-state index < -0.39 is 0 Å². The minimum atomic E-state index is 0.481. The number of nitrogens with one attached hydrogen (secondary N) is 1. The van der Waals surface area contributed by atoms with E-state index in [4.69, 9.17) is 9.47 Å². The summed E-state index contributed by atoms with van der Waals surface area (Å²) >= 11 is 0. The third-order valence-electron chi connectivity index (χ3n) is 4.20. The summed E-state index contributed by atoms with van der Waals surface area (Å²) in [6.07, 6.45) is 11.0. The summed E-state index contributed by atoms with van der Waals surface area (Å²) in [4.78, 5) is 0. The summed E-state index contributed by atoms with van der Waals surface area (Å²) in [6, 6.07) is 0. The highest BCUT2D eigenvalue weighted by Gasteiger charge is 2.14. The predicted molar refractivity (Wildman–Crippen MR) is 73.9 cm³/mol. The van der Waals surface area contributed by atoms with Crippen molar-refractivity contribution in [1.29, 1.82) is 0 Å². The van der Waals surface area contributed by atoms with E-state index in [0.29, 0.717) is 6.10 Å². The molecule has 0 saturated carbocycles. The molecule has 0 aromatic heterocycles. The van der Waals surface area contributed by atoms with Crippen molar-refractivity contribution in [3.8, 4) is 0 Å². The van der Waals surface area contributed by atoms with E-state index >= 15 is 0 Å². The van der Waals surface area contributed by atoms with Gasteiger partial charge >= 0.3 is 0 Å². The van der Waals surface area contributed by atoms with Gasteiger partial charge in [-0.15, -0.1) is 0 Å². The Morgan fingerprint density at radius 1 is 0.944 bits per heavy atom. The van der Waals surface area contributed by atoms with Crippen LogP contribution in [0.3, 0.4) is 0 Å². The van der Waals surface area contributed by atoms with Gasteiger partial charge in [-0.2, -0.15) is 0 Å². The van der Waals surface area contributed by atoms with Crippen LogP contribution in [-0.4, -0.2) is 39.0 Å². The molecule has 2 rings (SSSR count). The Bertz CT molecular complexity index is 177. The molecule has 2 saturated heterocycles. The van der Waals surface area contributed by atoms with E-state index in [9.17, 15) is 0 Å². The highest BCUT2D eigenvalue weighted by Crippen LogP contribution is 2.20. The molecule has 0 aromatic rings. The average Bonchev–Trinajstić information content (AvgIpc) is 2.45. The summed E-state index contributed by atoms with van der Waals surface area (Å²) < 4.78 is 11.1. The lowest BCUT2D eigenvalue weighted by atomic mass is 9.94. The van der Waals surface area contributed by atoms with Crippen molar-refractivity contribution < 1.29 is 9.47 Å². The number of ether oxygens (including phenoxy) is 2. The summed E-state index contributed by atoms with van der Waals surface area (Å²) in [5, 5.41) is 3.54. The number of unbranched alkanes of at least 4 members (excludes halogenated alkanes) is 1. The normalized spacial score (nSPS) is 26.3. The fourth-order valence-electron chi connectivity index (χ4n) is 2.95. The van der Waals surface area contributed by atoms with E-state index in [2.05, 4.69) is 5.32 Å². The van der Waals surface area contributed by atoms with Gasteiger partial charge in [0, 0.05) is 26.4 Å². The van der Waals surface area contributed by atoms with Crippen molar-refractivity contribution in [1.82, 2.24) is 5.32 Å². The topological polar surface area (TPSA) is 30.5 Å². The first kappa shape index (κ1) is 14.3. The molecule has 0 radical (unpaired) electrons. The van der Waals surface area contributed by atoms with E-state index in [1.807, 2.05) is 0 Å². The quantitative estimate of drug-likeness (QED) is 0.710. The van der Waals surface area contributed by atoms with Crippen LogP contribution in [0.15, 0.2) is 0 Å². The van der Waals surface area contributed by atoms with Crippen LogP contribution in [0.1, 0.15) is 51.4 Å². The van der Waals surface area contributed by atoms with Crippen LogP contribution in [0.4, 0.5) is 0 Å². The molecule has 106 valence electrons. The van der Waals surface area contributed by atoms with Gasteiger partial charge in [0.1, 0.15) is 0 Å². The standard InChI is InChI=1S/C15H29NO2/c1(5-14-7-11-17-12-8-14)3-9-16-13-15-6-2-4-10-18-15/h14-16H,1-13H2. The molecule has 0 spiro atoms. The van der Waals surface area contributed by atoms with Gasteiger partial charge in [-0.3, -0.25) is 0 Å². The van der Waals surface area contributed by atoms with Gasteiger partial charge in [-0.1, -0.05) is 12.8 Å². The second-order valence-corrected chi connectivity index (χ2v) is 5.74. The second-order valence-electron chi connectivity index (χ2n) is 5.74. The van der Waals surface area contributed by atoms with Crippen molar-refractivity contribution in [2.24, 2.45) is 5.92 Å². The lowest BCUT2D eigenvalue weighted by Gasteiger charge is -2.23. The molecule has 0 bridgehead atoms. The molecule has 2 aliphatic heterocycles. The number of rotatable bonds is 7. The average molecular weight is 255 g/mol. The van der Waals surface area contributed by atoms with Crippen LogP contribution in [0.2, 0.25) is 0 Å². The molecular weight excluding hydrogens is 226 g/mol. The fraction of sp³-hybridized carbons (Fsp3) is 1.00. The van der Waals surface area contributed by atoms with Gasteiger partial charge in [0.15, 0.2) is 0 Å². The summed E-state index contributed by atoms with van der Waals surface area (Å²) in [7, 11) is 0.